The molecule has 0 spiro atoms. The van der Waals surface area contributed by atoms with Gasteiger partial charge in [-0.2, -0.15) is 5.10 Å². The zero-order chi connectivity index (χ0) is 12.6. The molecule has 0 bridgehead atoms. The maximum absolute atomic E-state index is 6.29. The molecule has 2 heterocycles. The number of halogens is 2. The molecule has 2 aromatic rings. The average molecular weight is 270 g/mol. The van der Waals surface area contributed by atoms with Crippen LogP contribution in [0.3, 0.4) is 0 Å². The summed E-state index contributed by atoms with van der Waals surface area (Å²) in [7, 11) is 0. The van der Waals surface area contributed by atoms with E-state index in [1.807, 2.05) is 23.7 Å². The van der Waals surface area contributed by atoms with E-state index in [1.165, 1.54) is 0 Å². The van der Waals surface area contributed by atoms with Crippen molar-refractivity contribution in [2.45, 2.75) is 26.8 Å². The fraction of sp³-hybridized carbons (Fsp3) is 0.333. The number of aryl methyl sites for hydroxylation is 1. The van der Waals surface area contributed by atoms with Crippen LogP contribution in [0.4, 0.5) is 0 Å². The summed E-state index contributed by atoms with van der Waals surface area (Å²) in [6.07, 6.45) is 1.66. The molecule has 0 fully saturated rings. The summed E-state index contributed by atoms with van der Waals surface area (Å²) in [5.74, 6) is 0. The van der Waals surface area contributed by atoms with Gasteiger partial charge in [0.15, 0.2) is 0 Å². The summed E-state index contributed by atoms with van der Waals surface area (Å²) < 4.78 is 1.88. The molecule has 2 rings (SSSR count). The third-order valence-electron chi connectivity index (χ3n) is 2.52. The van der Waals surface area contributed by atoms with Gasteiger partial charge >= 0.3 is 0 Å². The Labute approximate surface area is 110 Å². The van der Waals surface area contributed by atoms with E-state index < -0.39 is 0 Å². The van der Waals surface area contributed by atoms with Crippen LogP contribution in [0.1, 0.15) is 25.6 Å². The number of nitrogens with zero attached hydrogens (tertiary/aromatic N) is 3. The first kappa shape index (κ1) is 12.4. The van der Waals surface area contributed by atoms with Crippen molar-refractivity contribution in [1.82, 2.24) is 14.8 Å². The van der Waals surface area contributed by atoms with E-state index in [0.717, 1.165) is 17.0 Å². The van der Waals surface area contributed by atoms with Gasteiger partial charge in [-0.1, -0.05) is 23.2 Å². The smallest absolute Gasteiger partial charge is 0.138 e. The largest absolute Gasteiger partial charge is 0.260 e. The summed E-state index contributed by atoms with van der Waals surface area (Å²) in [5.41, 5.74) is 2.45. The van der Waals surface area contributed by atoms with Gasteiger partial charge < -0.3 is 0 Å². The van der Waals surface area contributed by atoms with Crippen LogP contribution in [0, 0.1) is 6.92 Å². The van der Waals surface area contributed by atoms with E-state index in [0.29, 0.717) is 10.2 Å². The summed E-state index contributed by atoms with van der Waals surface area (Å²) >= 11 is 12.4. The molecule has 0 aliphatic rings. The molecule has 90 valence electrons. The van der Waals surface area contributed by atoms with Crippen molar-refractivity contribution < 1.29 is 0 Å². The lowest BCUT2D eigenvalue weighted by atomic mass is 10.2. The summed E-state index contributed by atoms with van der Waals surface area (Å²) in [6.45, 7) is 5.99. The first-order valence-electron chi connectivity index (χ1n) is 5.38. The van der Waals surface area contributed by atoms with Gasteiger partial charge in [0.2, 0.25) is 0 Å². The molecule has 0 atom stereocenters. The van der Waals surface area contributed by atoms with E-state index in [9.17, 15) is 0 Å². The first-order chi connectivity index (χ1) is 8.02. The monoisotopic (exact) mass is 269 g/mol. The number of rotatable bonds is 2. The van der Waals surface area contributed by atoms with Gasteiger partial charge in [-0.3, -0.25) is 4.68 Å². The Kier molecular flexibility index (Phi) is 3.40. The molecule has 0 radical (unpaired) electrons. The highest BCUT2D eigenvalue weighted by atomic mass is 35.5. The van der Waals surface area contributed by atoms with Crippen molar-refractivity contribution in [2.75, 3.05) is 0 Å². The summed E-state index contributed by atoms with van der Waals surface area (Å²) in [4.78, 5) is 4.07. The Morgan fingerprint density at radius 3 is 2.59 bits per heavy atom. The SMILES string of the molecule is Cc1nn(C(C)C)c(-c2cccnc2Cl)c1Cl. The average Bonchev–Trinajstić information content (AvgIpc) is 2.57. The van der Waals surface area contributed by atoms with Crippen LogP contribution in [0.2, 0.25) is 10.2 Å². The highest BCUT2D eigenvalue weighted by Crippen LogP contribution is 2.35. The van der Waals surface area contributed by atoms with E-state index in [4.69, 9.17) is 23.2 Å². The standard InChI is InChI=1S/C12H13Cl2N3/c1-7(2)17-11(10(13)8(3)16-17)9-5-4-6-15-12(9)14/h4-7H,1-3H3. The molecule has 2 aromatic heterocycles. The third kappa shape index (κ3) is 2.17. The highest BCUT2D eigenvalue weighted by Gasteiger charge is 2.19. The van der Waals surface area contributed by atoms with Crippen molar-refractivity contribution in [3.63, 3.8) is 0 Å². The molecule has 0 aliphatic carbocycles. The van der Waals surface area contributed by atoms with Gasteiger partial charge in [-0.05, 0) is 32.9 Å². The Hall–Kier alpha value is -1.06. The fourth-order valence-corrected chi connectivity index (χ4v) is 2.14. The molecule has 17 heavy (non-hydrogen) atoms. The second kappa shape index (κ2) is 4.67. The van der Waals surface area contributed by atoms with Crippen molar-refractivity contribution in [2.24, 2.45) is 0 Å². The second-order valence-corrected chi connectivity index (χ2v) is 4.86. The first-order valence-corrected chi connectivity index (χ1v) is 6.13. The predicted octanol–water partition coefficient (Wildman–Crippen LogP) is 4.14. The molecule has 0 saturated carbocycles. The van der Waals surface area contributed by atoms with Crippen LogP contribution in [-0.2, 0) is 0 Å². The molecule has 0 N–H and O–H groups in total. The van der Waals surface area contributed by atoms with Gasteiger partial charge in [0, 0.05) is 17.8 Å². The normalized spacial score (nSPS) is 11.2. The van der Waals surface area contributed by atoms with Crippen molar-refractivity contribution in [3.8, 4) is 11.3 Å². The molecule has 0 aromatic carbocycles. The molecule has 5 heteroatoms. The summed E-state index contributed by atoms with van der Waals surface area (Å²) in [5, 5.41) is 5.50. The molecule has 0 unspecified atom stereocenters. The van der Waals surface area contributed by atoms with Gasteiger partial charge in [0.1, 0.15) is 5.15 Å². The van der Waals surface area contributed by atoms with Crippen molar-refractivity contribution in [1.29, 1.82) is 0 Å². The van der Waals surface area contributed by atoms with E-state index in [-0.39, 0.29) is 6.04 Å². The number of aromatic nitrogens is 3. The molecular weight excluding hydrogens is 257 g/mol. The number of hydrogen-bond donors (Lipinski definition) is 0. The lowest BCUT2D eigenvalue weighted by Gasteiger charge is -2.11. The minimum absolute atomic E-state index is 0.215. The van der Waals surface area contributed by atoms with Crippen LogP contribution in [0.5, 0.6) is 0 Å². The number of hydrogen-bond acceptors (Lipinski definition) is 2. The number of pyridine rings is 1. The van der Waals surface area contributed by atoms with E-state index in [2.05, 4.69) is 23.9 Å². The summed E-state index contributed by atoms with van der Waals surface area (Å²) in [6, 6.07) is 3.95. The van der Waals surface area contributed by atoms with Crippen molar-refractivity contribution in [3.05, 3.63) is 34.2 Å². The van der Waals surface area contributed by atoms with Crippen LogP contribution in [0.15, 0.2) is 18.3 Å². The zero-order valence-corrected chi connectivity index (χ0v) is 11.4. The molecular formula is C12H13Cl2N3. The topological polar surface area (TPSA) is 30.7 Å². The zero-order valence-electron chi connectivity index (χ0n) is 9.91. The Balaban J connectivity index is 2.70. The highest BCUT2D eigenvalue weighted by molar-refractivity contribution is 6.36. The fourth-order valence-electron chi connectivity index (χ4n) is 1.71. The van der Waals surface area contributed by atoms with E-state index in [1.54, 1.807) is 6.20 Å². The maximum atomic E-state index is 6.29. The van der Waals surface area contributed by atoms with Gasteiger partial charge in [0.05, 0.1) is 16.4 Å². The third-order valence-corrected chi connectivity index (χ3v) is 3.27. The van der Waals surface area contributed by atoms with Crippen LogP contribution < -0.4 is 0 Å². The van der Waals surface area contributed by atoms with Crippen molar-refractivity contribution >= 4 is 23.2 Å². The second-order valence-electron chi connectivity index (χ2n) is 4.13. The van der Waals surface area contributed by atoms with Gasteiger partial charge in [-0.15, -0.1) is 0 Å². The van der Waals surface area contributed by atoms with Crippen LogP contribution >= 0.6 is 23.2 Å². The molecule has 0 saturated heterocycles. The maximum Gasteiger partial charge on any atom is 0.138 e. The molecule has 0 aliphatic heterocycles. The van der Waals surface area contributed by atoms with E-state index >= 15 is 0 Å². The quantitative estimate of drug-likeness (QED) is 0.768. The van der Waals surface area contributed by atoms with Gasteiger partial charge in [-0.25, -0.2) is 4.98 Å². The molecule has 0 amide bonds. The minimum Gasteiger partial charge on any atom is -0.260 e. The Bertz CT molecular complexity index is 547. The predicted molar refractivity (Wildman–Crippen MR) is 70.6 cm³/mol. The van der Waals surface area contributed by atoms with Crippen LogP contribution in [0.25, 0.3) is 11.3 Å². The lowest BCUT2D eigenvalue weighted by Crippen LogP contribution is -2.05. The van der Waals surface area contributed by atoms with Gasteiger partial charge in [0.25, 0.3) is 0 Å². The Morgan fingerprint density at radius 2 is 2.00 bits per heavy atom. The lowest BCUT2D eigenvalue weighted by molar-refractivity contribution is 0.535. The molecule has 3 nitrogen and oxygen atoms in total. The van der Waals surface area contributed by atoms with Crippen LogP contribution in [-0.4, -0.2) is 14.8 Å². The Morgan fingerprint density at radius 1 is 1.29 bits per heavy atom. The minimum atomic E-state index is 0.215.